The number of nitrogens with one attached hydrogen (secondary N) is 2. The molecule has 3 rings (SSSR count). The van der Waals surface area contributed by atoms with Crippen molar-refractivity contribution in [2.45, 2.75) is 11.3 Å². The first kappa shape index (κ1) is 22.4. The Kier molecular flexibility index (Phi) is 7.30. The highest BCUT2D eigenvalue weighted by atomic mass is 32.2. The fourth-order valence-corrected chi connectivity index (χ4v) is 3.41. The molecule has 3 aromatic carbocycles. The van der Waals surface area contributed by atoms with E-state index in [1.807, 2.05) is 35.6 Å². The molecule has 2 N–H and O–H groups in total. The van der Waals surface area contributed by atoms with E-state index < -0.39 is 34.9 Å². The lowest BCUT2D eigenvalue weighted by atomic mass is 10.1. The second-order valence-electron chi connectivity index (χ2n) is 6.42. The van der Waals surface area contributed by atoms with Crippen LogP contribution < -0.4 is 10.6 Å². The quantitative estimate of drug-likeness (QED) is 0.298. The summed E-state index contributed by atoms with van der Waals surface area (Å²) >= 11 is 1.02. The molecule has 0 spiro atoms. The lowest BCUT2D eigenvalue weighted by Crippen LogP contribution is -2.17. The highest BCUT2D eigenvalue weighted by molar-refractivity contribution is 8.00. The van der Waals surface area contributed by atoms with Crippen molar-refractivity contribution in [3.63, 3.8) is 0 Å². The second-order valence-corrected chi connectivity index (χ2v) is 7.47. The Morgan fingerprint density at radius 3 is 2.13 bits per heavy atom. The van der Waals surface area contributed by atoms with Crippen LogP contribution in [0.3, 0.4) is 0 Å². The molecule has 0 bridgehead atoms. The van der Waals surface area contributed by atoms with E-state index in [1.165, 1.54) is 0 Å². The minimum Gasteiger partial charge on any atom is -0.326 e. The number of hydrogen-bond donors (Lipinski definition) is 2. The third-order valence-electron chi connectivity index (χ3n) is 4.07. The minimum absolute atomic E-state index is 0.0622. The molecule has 2 amide bonds. The first-order valence-corrected chi connectivity index (χ1v) is 10.0. The molecule has 0 saturated carbocycles. The molecule has 0 aliphatic carbocycles. The number of amides is 2. The Hall–Kier alpha value is -3.33. The van der Waals surface area contributed by atoms with Gasteiger partial charge in [-0.15, -0.1) is 11.8 Å². The maximum absolute atomic E-state index is 13.7. The van der Waals surface area contributed by atoms with Crippen molar-refractivity contribution in [2.75, 3.05) is 16.4 Å². The third-order valence-corrected chi connectivity index (χ3v) is 5.07. The Bertz CT molecular complexity index is 1080. The molecule has 0 aliphatic heterocycles. The summed E-state index contributed by atoms with van der Waals surface area (Å²) in [7, 11) is 0. The first-order valence-electron chi connectivity index (χ1n) is 9.03. The molecule has 0 unspecified atom stereocenters. The first-order chi connectivity index (χ1) is 14.8. The molecule has 31 heavy (non-hydrogen) atoms. The fourth-order valence-electron chi connectivity index (χ4n) is 2.66. The predicted octanol–water partition coefficient (Wildman–Crippen LogP) is 5.16. The van der Waals surface area contributed by atoms with Gasteiger partial charge in [-0.25, -0.2) is 17.6 Å². The molecule has 0 saturated heterocycles. The Labute approximate surface area is 179 Å². The normalized spacial score (nSPS) is 10.6. The van der Waals surface area contributed by atoms with E-state index in [4.69, 9.17) is 0 Å². The monoisotopic (exact) mass is 448 g/mol. The van der Waals surface area contributed by atoms with E-state index in [0.29, 0.717) is 10.6 Å². The van der Waals surface area contributed by atoms with Crippen LogP contribution in [-0.4, -0.2) is 17.6 Å². The van der Waals surface area contributed by atoms with Gasteiger partial charge in [0, 0.05) is 16.6 Å². The Balaban J connectivity index is 1.58. The average molecular weight is 448 g/mol. The topological polar surface area (TPSA) is 58.2 Å². The molecule has 0 atom stereocenters. The van der Waals surface area contributed by atoms with Gasteiger partial charge >= 0.3 is 0 Å². The zero-order valence-electron chi connectivity index (χ0n) is 15.9. The zero-order chi connectivity index (χ0) is 22.4. The van der Waals surface area contributed by atoms with Crippen molar-refractivity contribution in [3.05, 3.63) is 89.5 Å². The van der Waals surface area contributed by atoms with E-state index in [2.05, 4.69) is 5.32 Å². The van der Waals surface area contributed by atoms with Crippen molar-refractivity contribution in [3.8, 4) is 0 Å². The number of thioether (sulfide) groups is 1. The predicted molar refractivity (Wildman–Crippen MR) is 111 cm³/mol. The van der Waals surface area contributed by atoms with E-state index in [1.54, 1.807) is 24.3 Å². The van der Waals surface area contributed by atoms with Gasteiger partial charge in [0.15, 0.2) is 23.3 Å². The van der Waals surface area contributed by atoms with Crippen molar-refractivity contribution in [1.82, 2.24) is 0 Å². The molecule has 9 heteroatoms. The maximum Gasteiger partial charge on any atom is 0.234 e. The molecule has 0 heterocycles. The number of carbonyl (C=O) groups excluding carboxylic acids is 2. The fraction of sp³-hybridized carbons (Fsp3) is 0.0909. The van der Waals surface area contributed by atoms with Gasteiger partial charge in [0.2, 0.25) is 11.8 Å². The van der Waals surface area contributed by atoms with Gasteiger partial charge in [0.25, 0.3) is 0 Å². The number of rotatable bonds is 7. The smallest absolute Gasteiger partial charge is 0.234 e. The van der Waals surface area contributed by atoms with Gasteiger partial charge in [-0.2, -0.15) is 0 Å². The lowest BCUT2D eigenvalue weighted by Gasteiger charge is -2.10. The van der Waals surface area contributed by atoms with Crippen LogP contribution in [0, 0.1) is 23.3 Å². The largest absolute Gasteiger partial charge is 0.326 e. The van der Waals surface area contributed by atoms with E-state index in [0.717, 1.165) is 17.3 Å². The molecule has 3 aromatic rings. The van der Waals surface area contributed by atoms with Gasteiger partial charge in [0.05, 0.1) is 12.2 Å². The zero-order valence-corrected chi connectivity index (χ0v) is 16.7. The van der Waals surface area contributed by atoms with Crippen LogP contribution in [0.25, 0.3) is 0 Å². The summed E-state index contributed by atoms with van der Waals surface area (Å²) in [5.74, 6) is -7.93. The summed E-state index contributed by atoms with van der Waals surface area (Å²) in [5.41, 5.74) is 0.191. The lowest BCUT2D eigenvalue weighted by molar-refractivity contribution is -0.115. The third kappa shape index (κ3) is 6.08. The average Bonchev–Trinajstić information content (AvgIpc) is 2.75. The molecular formula is C22H16F4N2O2S. The van der Waals surface area contributed by atoms with Crippen LogP contribution in [0.4, 0.5) is 28.9 Å². The van der Waals surface area contributed by atoms with Crippen LogP contribution in [0.1, 0.15) is 5.56 Å². The summed E-state index contributed by atoms with van der Waals surface area (Å²) in [6, 6.07) is 15.9. The van der Waals surface area contributed by atoms with Gasteiger partial charge in [0.1, 0.15) is 5.69 Å². The molecule has 160 valence electrons. The summed E-state index contributed by atoms with van der Waals surface area (Å²) in [4.78, 5) is 24.8. The Morgan fingerprint density at radius 1 is 0.774 bits per heavy atom. The van der Waals surface area contributed by atoms with E-state index >= 15 is 0 Å². The van der Waals surface area contributed by atoms with Crippen molar-refractivity contribution in [2.24, 2.45) is 0 Å². The summed E-state index contributed by atoms with van der Waals surface area (Å²) < 4.78 is 53.8. The van der Waals surface area contributed by atoms with Gasteiger partial charge in [-0.3, -0.25) is 9.59 Å². The van der Waals surface area contributed by atoms with Crippen LogP contribution in [0.15, 0.2) is 65.6 Å². The molecule has 4 nitrogen and oxygen atoms in total. The summed E-state index contributed by atoms with van der Waals surface area (Å²) in [6.07, 6.45) is 0.196. The van der Waals surface area contributed by atoms with Crippen LogP contribution in [-0.2, 0) is 16.0 Å². The molecule has 0 radical (unpaired) electrons. The minimum atomic E-state index is -1.68. The Morgan fingerprint density at radius 2 is 1.45 bits per heavy atom. The molecular weight excluding hydrogens is 432 g/mol. The van der Waals surface area contributed by atoms with Crippen molar-refractivity contribution < 1.29 is 27.2 Å². The van der Waals surface area contributed by atoms with Gasteiger partial charge in [-0.05, 0) is 23.8 Å². The van der Waals surface area contributed by atoms with E-state index in [9.17, 15) is 27.2 Å². The molecule has 0 fully saturated rings. The SMILES string of the molecule is O=C(Cc1ccccc1)Nc1cccc(SCC(=O)Nc2c(F)c(F)cc(F)c2F)c1. The standard InChI is InChI=1S/C22H16F4N2O2S/c23-16-11-17(24)21(26)22(20(16)25)28-19(30)12-31-15-8-4-7-14(10-15)27-18(29)9-13-5-2-1-3-6-13/h1-8,10-11H,9,12H2,(H,27,29)(H,28,30). The van der Waals surface area contributed by atoms with E-state index in [-0.39, 0.29) is 24.1 Å². The molecule has 0 aromatic heterocycles. The van der Waals surface area contributed by atoms with Crippen LogP contribution in [0.2, 0.25) is 0 Å². The van der Waals surface area contributed by atoms with Crippen molar-refractivity contribution in [1.29, 1.82) is 0 Å². The summed E-state index contributed by atoms with van der Waals surface area (Å²) in [5, 5.41) is 4.60. The number of carbonyl (C=O) groups is 2. The molecule has 0 aliphatic rings. The van der Waals surface area contributed by atoms with Gasteiger partial charge in [-0.1, -0.05) is 36.4 Å². The highest BCUT2D eigenvalue weighted by Gasteiger charge is 2.20. The number of anilines is 2. The number of hydrogen-bond acceptors (Lipinski definition) is 3. The van der Waals surface area contributed by atoms with Crippen molar-refractivity contribution >= 4 is 35.0 Å². The summed E-state index contributed by atoms with van der Waals surface area (Å²) in [6.45, 7) is 0. The number of benzene rings is 3. The second kappa shape index (κ2) is 10.1. The highest BCUT2D eigenvalue weighted by Crippen LogP contribution is 2.26. The van der Waals surface area contributed by atoms with Crippen LogP contribution in [0.5, 0.6) is 0 Å². The van der Waals surface area contributed by atoms with Gasteiger partial charge < -0.3 is 10.6 Å². The number of halogens is 4. The maximum atomic E-state index is 13.7. The van der Waals surface area contributed by atoms with Crippen LogP contribution >= 0.6 is 11.8 Å².